The third kappa shape index (κ3) is 2.91. The van der Waals surface area contributed by atoms with Crippen molar-refractivity contribution in [2.45, 2.75) is 11.1 Å². The van der Waals surface area contributed by atoms with Gasteiger partial charge in [-0.2, -0.15) is 0 Å². The lowest BCUT2D eigenvalue weighted by Gasteiger charge is -2.38. The molecule has 4 nitrogen and oxygen atoms in total. The van der Waals surface area contributed by atoms with Crippen LogP contribution in [0.15, 0.2) is 77.7 Å². The first kappa shape index (κ1) is 16.5. The van der Waals surface area contributed by atoms with Crippen LogP contribution in [0.1, 0.15) is 22.1 Å². The number of fused-ring (bicyclic) bond motifs is 1. The van der Waals surface area contributed by atoms with E-state index in [9.17, 15) is 9.90 Å². The molecule has 1 amide bonds. The summed E-state index contributed by atoms with van der Waals surface area (Å²) in [6.07, 6.45) is 1.72. The van der Waals surface area contributed by atoms with E-state index in [1.54, 1.807) is 40.9 Å². The van der Waals surface area contributed by atoms with Crippen LogP contribution in [0, 0.1) is 0 Å². The van der Waals surface area contributed by atoms with Crippen LogP contribution in [-0.2, 0) is 0 Å². The summed E-state index contributed by atoms with van der Waals surface area (Å²) in [4.78, 5) is 16.1. The van der Waals surface area contributed by atoms with E-state index in [2.05, 4.69) is 17.4 Å². The van der Waals surface area contributed by atoms with E-state index in [4.69, 9.17) is 0 Å². The first-order valence-electron chi connectivity index (χ1n) is 8.29. The molecule has 0 spiro atoms. The number of thioether (sulfide) groups is 1. The van der Waals surface area contributed by atoms with Gasteiger partial charge in [0.1, 0.15) is 11.9 Å². The highest BCUT2D eigenvalue weighted by atomic mass is 32.2. The Hall–Kier alpha value is -2.92. The minimum Gasteiger partial charge on any atom is -0.508 e. The maximum atomic E-state index is 13.2. The molecule has 0 fully saturated rings. The molecular weight excluding hydrogens is 344 g/mol. The van der Waals surface area contributed by atoms with E-state index in [0.717, 1.165) is 16.9 Å². The Morgan fingerprint density at radius 2 is 1.65 bits per heavy atom. The molecule has 26 heavy (non-hydrogen) atoms. The number of phenols is 1. The molecule has 0 radical (unpaired) electrons. The molecule has 5 heteroatoms. The number of para-hydroxylation sites is 1. The van der Waals surface area contributed by atoms with Crippen LogP contribution in [0.5, 0.6) is 5.75 Å². The number of anilines is 2. The predicted molar refractivity (Wildman–Crippen MR) is 106 cm³/mol. The fourth-order valence-electron chi connectivity index (χ4n) is 3.15. The number of hydrogen-bond donors (Lipinski definition) is 2. The van der Waals surface area contributed by atoms with Crippen molar-refractivity contribution < 1.29 is 9.90 Å². The van der Waals surface area contributed by atoms with Gasteiger partial charge >= 0.3 is 0 Å². The molecule has 1 heterocycles. The maximum Gasteiger partial charge on any atom is 0.262 e. The molecule has 1 aliphatic rings. The number of nitrogens with zero attached hydrogens (tertiary/aromatic N) is 1. The molecule has 0 saturated carbocycles. The number of hydrogen-bond acceptors (Lipinski definition) is 4. The molecule has 1 aliphatic heterocycles. The lowest BCUT2D eigenvalue weighted by atomic mass is 10.0. The molecule has 0 saturated heterocycles. The average molecular weight is 362 g/mol. The lowest BCUT2D eigenvalue weighted by Crippen LogP contribution is -2.43. The maximum absolute atomic E-state index is 13.2. The largest absolute Gasteiger partial charge is 0.508 e. The molecule has 4 rings (SSSR count). The molecule has 0 bridgehead atoms. The first-order valence-corrected chi connectivity index (χ1v) is 9.52. The third-order valence-electron chi connectivity index (χ3n) is 4.49. The standard InChI is InChI=1S/C21H18N2O2S/c1-26-17-12-6-14(7-13-17)20-22-19-5-3-2-4-18(19)21(25)23(20)15-8-10-16(24)11-9-15/h2-13,20,22,24H,1H3. The van der Waals surface area contributed by atoms with E-state index in [0.29, 0.717) is 5.56 Å². The van der Waals surface area contributed by atoms with Gasteiger partial charge in [-0.1, -0.05) is 24.3 Å². The summed E-state index contributed by atoms with van der Waals surface area (Å²) in [7, 11) is 0. The van der Waals surface area contributed by atoms with Crippen molar-refractivity contribution in [1.29, 1.82) is 0 Å². The highest BCUT2D eigenvalue weighted by molar-refractivity contribution is 7.98. The van der Waals surface area contributed by atoms with Gasteiger partial charge < -0.3 is 10.4 Å². The third-order valence-corrected chi connectivity index (χ3v) is 5.23. The first-order chi connectivity index (χ1) is 12.7. The van der Waals surface area contributed by atoms with E-state index in [1.165, 1.54) is 4.90 Å². The van der Waals surface area contributed by atoms with Crippen LogP contribution >= 0.6 is 11.8 Å². The molecule has 1 unspecified atom stereocenters. The van der Waals surface area contributed by atoms with Crippen LogP contribution in [0.4, 0.5) is 11.4 Å². The van der Waals surface area contributed by atoms with Gasteiger partial charge in [-0.15, -0.1) is 11.8 Å². The second-order valence-corrected chi connectivity index (χ2v) is 6.94. The number of carbonyl (C=O) groups is 1. The number of phenolic OH excluding ortho intramolecular Hbond substituents is 1. The lowest BCUT2D eigenvalue weighted by molar-refractivity contribution is 0.0975. The van der Waals surface area contributed by atoms with Crippen LogP contribution in [0.3, 0.4) is 0 Å². The van der Waals surface area contributed by atoms with Crippen molar-refractivity contribution in [2.24, 2.45) is 0 Å². The number of amides is 1. The van der Waals surface area contributed by atoms with Crippen LogP contribution in [0.2, 0.25) is 0 Å². The highest BCUT2D eigenvalue weighted by Gasteiger charge is 2.33. The smallest absolute Gasteiger partial charge is 0.262 e. The Morgan fingerprint density at radius 3 is 2.35 bits per heavy atom. The Kier molecular flexibility index (Phi) is 4.31. The Labute approximate surface area is 156 Å². The van der Waals surface area contributed by atoms with Crippen molar-refractivity contribution in [1.82, 2.24) is 0 Å². The summed E-state index contributed by atoms with van der Waals surface area (Å²) in [5.41, 5.74) is 3.19. The van der Waals surface area contributed by atoms with Crippen molar-refractivity contribution in [3.8, 4) is 5.75 Å². The summed E-state index contributed by atoms with van der Waals surface area (Å²) in [5.74, 6) is 0.108. The van der Waals surface area contributed by atoms with Crippen LogP contribution in [-0.4, -0.2) is 17.3 Å². The average Bonchev–Trinajstić information content (AvgIpc) is 2.69. The van der Waals surface area contributed by atoms with Crippen LogP contribution < -0.4 is 10.2 Å². The minimum atomic E-state index is -0.321. The number of nitrogens with one attached hydrogen (secondary N) is 1. The van der Waals surface area contributed by atoms with E-state index < -0.39 is 0 Å². The van der Waals surface area contributed by atoms with Gasteiger partial charge in [-0.05, 0) is 60.4 Å². The number of benzene rings is 3. The van der Waals surface area contributed by atoms with E-state index in [-0.39, 0.29) is 17.8 Å². The minimum absolute atomic E-state index is 0.0658. The zero-order chi connectivity index (χ0) is 18.1. The summed E-state index contributed by atoms with van der Waals surface area (Å²) in [6.45, 7) is 0. The Balaban J connectivity index is 1.82. The molecule has 0 aliphatic carbocycles. The van der Waals surface area contributed by atoms with E-state index in [1.807, 2.05) is 42.7 Å². The molecule has 2 N–H and O–H groups in total. The van der Waals surface area contributed by atoms with Crippen molar-refractivity contribution in [2.75, 3.05) is 16.5 Å². The second kappa shape index (κ2) is 6.77. The van der Waals surface area contributed by atoms with Gasteiger partial charge in [-0.3, -0.25) is 9.69 Å². The fraction of sp³-hybridized carbons (Fsp3) is 0.0952. The molecule has 0 aromatic heterocycles. The Bertz CT molecular complexity index is 939. The number of carbonyl (C=O) groups excluding carboxylic acids is 1. The van der Waals surface area contributed by atoms with Crippen molar-refractivity contribution >= 4 is 29.0 Å². The zero-order valence-electron chi connectivity index (χ0n) is 14.2. The van der Waals surface area contributed by atoms with Gasteiger partial charge in [0.2, 0.25) is 0 Å². The van der Waals surface area contributed by atoms with Gasteiger partial charge in [0, 0.05) is 16.3 Å². The predicted octanol–water partition coefficient (Wildman–Crippen LogP) is 4.89. The molecule has 130 valence electrons. The number of rotatable bonds is 3. The van der Waals surface area contributed by atoms with Crippen LogP contribution in [0.25, 0.3) is 0 Å². The zero-order valence-corrected chi connectivity index (χ0v) is 15.0. The van der Waals surface area contributed by atoms with E-state index >= 15 is 0 Å². The van der Waals surface area contributed by atoms with Gasteiger partial charge in [-0.25, -0.2) is 0 Å². The molecule has 3 aromatic rings. The van der Waals surface area contributed by atoms with Gasteiger partial charge in [0.05, 0.1) is 5.56 Å². The molecule has 3 aromatic carbocycles. The second-order valence-electron chi connectivity index (χ2n) is 6.06. The topological polar surface area (TPSA) is 52.6 Å². The fourth-order valence-corrected chi connectivity index (χ4v) is 3.56. The van der Waals surface area contributed by atoms with Gasteiger partial charge in [0.15, 0.2) is 0 Å². The van der Waals surface area contributed by atoms with Crippen molar-refractivity contribution in [3.63, 3.8) is 0 Å². The molecule has 1 atom stereocenters. The quantitative estimate of drug-likeness (QED) is 0.652. The SMILES string of the molecule is CSc1ccc(C2Nc3ccccc3C(=O)N2c2ccc(O)cc2)cc1. The Morgan fingerprint density at radius 1 is 0.962 bits per heavy atom. The normalized spacial score (nSPS) is 16.1. The molecular formula is C21H18N2O2S. The summed E-state index contributed by atoms with van der Waals surface area (Å²) in [6, 6.07) is 22.4. The number of aromatic hydroxyl groups is 1. The van der Waals surface area contributed by atoms with Crippen molar-refractivity contribution in [3.05, 3.63) is 83.9 Å². The summed E-state index contributed by atoms with van der Waals surface area (Å²) < 4.78 is 0. The highest BCUT2D eigenvalue weighted by Crippen LogP contribution is 2.37. The monoisotopic (exact) mass is 362 g/mol. The van der Waals surface area contributed by atoms with Gasteiger partial charge in [0.25, 0.3) is 5.91 Å². The summed E-state index contributed by atoms with van der Waals surface area (Å²) >= 11 is 1.68. The summed E-state index contributed by atoms with van der Waals surface area (Å²) in [5, 5.41) is 13.1.